The van der Waals surface area contributed by atoms with Crippen LogP contribution < -0.4 is 5.32 Å². The van der Waals surface area contributed by atoms with Crippen LogP contribution in [0, 0.1) is 6.92 Å². The zero-order valence-corrected chi connectivity index (χ0v) is 17.3. The summed E-state index contributed by atoms with van der Waals surface area (Å²) in [5, 5.41) is 18.2. The summed E-state index contributed by atoms with van der Waals surface area (Å²) >= 11 is 3.58. The number of rotatable bonds is 5. The SMILES string of the molecule is Cc1nc(NCc2cccc(C(F)(F)CO)c2)c2cc(Br)c3c(cnn3C)c2n1. The largest absolute Gasteiger partial charge is 0.390 e. The lowest BCUT2D eigenvalue weighted by Crippen LogP contribution is -2.18. The van der Waals surface area contributed by atoms with Crippen LogP contribution in [0.1, 0.15) is 17.0 Å². The molecule has 0 saturated carbocycles. The Balaban J connectivity index is 1.73. The molecular formula is C20H18BrF2N5O. The van der Waals surface area contributed by atoms with Crippen molar-refractivity contribution in [2.75, 3.05) is 11.9 Å². The average Bonchev–Trinajstić information content (AvgIpc) is 3.10. The second-order valence-electron chi connectivity index (χ2n) is 6.82. The van der Waals surface area contributed by atoms with Crippen LogP contribution >= 0.6 is 15.9 Å². The van der Waals surface area contributed by atoms with Crippen molar-refractivity contribution in [2.24, 2.45) is 7.05 Å². The molecule has 0 fully saturated rings. The molecule has 0 bridgehead atoms. The number of benzene rings is 2. The Morgan fingerprint density at radius 3 is 2.76 bits per heavy atom. The van der Waals surface area contributed by atoms with E-state index in [0.29, 0.717) is 23.8 Å². The van der Waals surface area contributed by atoms with Gasteiger partial charge in [-0.25, -0.2) is 9.97 Å². The van der Waals surface area contributed by atoms with Crippen LogP contribution in [0.3, 0.4) is 0 Å². The van der Waals surface area contributed by atoms with E-state index in [-0.39, 0.29) is 5.56 Å². The number of aryl methyl sites for hydroxylation is 2. The number of hydrogen-bond acceptors (Lipinski definition) is 5. The molecule has 2 aromatic heterocycles. The normalized spacial score (nSPS) is 12.1. The maximum absolute atomic E-state index is 13.8. The summed E-state index contributed by atoms with van der Waals surface area (Å²) in [4.78, 5) is 9.08. The van der Waals surface area contributed by atoms with Gasteiger partial charge < -0.3 is 10.4 Å². The second kappa shape index (κ2) is 7.31. The molecule has 0 saturated heterocycles. The number of anilines is 1. The monoisotopic (exact) mass is 461 g/mol. The molecule has 9 heteroatoms. The molecule has 0 aliphatic rings. The first-order valence-electron chi connectivity index (χ1n) is 8.90. The summed E-state index contributed by atoms with van der Waals surface area (Å²) in [5.74, 6) is -2.07. The van der Waals surface area contributed by atoms with Gasteiger partial charge in [0.2, 0.25) is 0 Å². The molecule has 2 N–H and O–H groups in total. The molecule has 0 amide bonds. The van der Waals surface area contributed by atoms with Crippen LogP contribution in [-0.4, -0.2) is 31.5 Å². The molecule has 0 unspecified atom stereocenters. The summed E-state index contributed by atoms with van der Waals surface area (Å²) in [5.41, 5.74) is 2.14. The molecule has 6 nitrogen and oxygen atoms in total. The van der Waals surface area contributed by atoms with Crippen molar-refractivity contribution in [2.45, 2.75) is 19.4 Å². The van der Waals surface area contributed by atoms with Gasteiger partial charge in [-0.1, -0.05) is 18.2 Å². The molecule has 0 aliphatic heterocycles. The van der Waals surface area contributed by atoms with Crippen molar-refractivity contribution in [1.82, 2.24) is 19.7 Å². The lowest BCUT2D eigenvalue weighted by molar-refractivity contribution is -0.0556. The highest BCUT2D eigenvalue weighted by molar-refractivity contribution is 9.10. The fourth-order valence-electron chi connectivity index (χ4n) is 3.33. The van der Waals surface area contributed by atoms with Crippen molar-refractivity contribution in [3.63, 3.8) is 0 Å². The topological polar surface area (TPSA) is 75.9 Å². The first-order chi connectivity index (χ1) is 13.8. The van der Waals surface area contributed by atoms with Gasteiger partial charge in [-0.2, -0.15) is 13.9 Å². The number of alkyl halides is 2. The molecular weight excluding hydrogens is 444 g/mol. The van der Waals surface area contributed by atoms with E-state index in [1.54, 1.807) is 29.9 Å². The Morgan fingerprint density at radius 1 is 1.21 bits per heavy atom. The smallest absolute Gasteiger partial charge is 0.295 e. The first kappa shape index (κ1) is 19.7. The molecule has 4 rings (SSSR count). The summed E-state index contributed by atoms with van der Waals surface area (Å²) < 4.78 is 30.2. The quantitative estimate of drug-likeness (QED) is 0.463. The molecule has 0 spiro atoms. The van der Waals surface area contributed by atoms with Crippen molar-refractivity contribution in [3.8, 4) is 0 Å². The average molecular weight is 462 g/mol. The van der Waals surface area contributed by atoms with E-state index in [9.17, 15) is 8.78 Å². The van der Waals surface area contributed by atoms with Gasteiger partial charge in [0.1, 0.15) is 18.2 Å². The maximum Gasteiger partial charge on any atom is 0.295 e. The summed E-state index contributed by atoms with van der Waals surface area (Å²) in [6.45, 7) is 0.871. The minimum atomic E-state index is -3.27. The van der Waals surface area contributed by atoms with Gasteiger partial charge in [0.15, 0.2) is 0 Å². The number of nitrogens with zero attached hydrogens (tertiary/aromatic N) is 4. The maximum atomic E-state index is 13.8. The lowest BCUT2D eigenvalue weighted by atomic mass is 10.1. The molecule has 4 aromatic rings. The molecule has 29 heavy (non-hydrogen) atoms. The van der Waals surface area contributed by atoms with Gasteiger partial charge in [-0.3, -0.25) is 4.68 Å². The van der Waals surface area contributed by atoms with Crippen molar-refractivity contribution >= 4 is 43.6 Å². The zero-order valence-electron chi connectivity index (χ0n) is 15.7. The molecule has 0 aliphatic carbocycles. The number of halogens is 3. The van der Waals surface area contributed by atoms with Crippen LogP contribution in [-0.2, 0) is 19.5 Å². The Hall–Kier alpha value is -2.65. The third-order valence-electron chi connectivity index (χ3n) is 4.76. The van der Waals surface area contributed by atoms with E-state index in [4.69, 9.17) is 5.11 Å². The number of aliphatic hydroxyl groups excluding tert-OH is 1. The number of aromatic nitrogens is 4. The predicted molar refractivity (Wildman–Crippen MR) is 111 cm³/mol. The highest BCUT2D eigenvalue weighted by atomic mass is 79.9. The lowest BCUT2D eigenvalue weighted by Gasteiger charge is -2.15. The van der Waals surface area contributed by atoms with Gasteiger partial charge in [0.05, 0.1) is 17.2 Å². The van der Waals surface area contributed by atoms with E-state index >= 15 is 0 Å². The fourth-order valence-corrected chi connectivity index (χ4v) is 4.03. The highest BCUT2D eigenvalue weighted by Gasteiger charge is 2.30. The minimum Gasteiger partial charge on any atom is -0.390 e. The first-order valence-corrected chi connectivity index (χ1v) is 9.70. The van der Waals surface area contributed by atoms with Crippen LogP contribution in [0.5, 0.6) is 0 Å². The number of fused-ring (bicyclic) bond motifs is 3. The van der Waals surface area contributed by atoms with Crippen LogP contribution in [0.4, 0.5) is 14.6 Å². The van der Waals surface area contributed by atoms with Gasteiger partial charge >= 0.3 is 0 Å². The number of nitrogens with one attached hydrogen (secondary N) is 1. The van der Waals surface area contributed by atoms with E-state index in [2.05, 4.69) is 36.3 Å². The second-order valence-corrected chi connectivity index (χ2v) is 7.68. The number of hydrogen-bond donors (Lipinski definition) is 2. The Labute approximate surface area is 173 Å². The Bertz CT molecular complexity index is 1220. The minimum absolute atomic E-state index is 0.220. The molecule has 0 radical (unpaired) electrons. The van der Waals surface area contributed by atoms with Crippen molar-refractivity contribution in [3.05, 3.63) is 58.0 Å². The number of aliphatic hydroxyl groups is 1. The molecule has 150 valence electrons. The van der Waals surface area contributed by atoms with Crippen LogP contribution in [0.25, 0.3) is 21.8 Å². The molecule has 2 aromatic carbocycles. The van der Waals surface area contributed by atoms with Gasteiger partial charge in [0.25, 0.3) is 5.92 Å². The summed E-state index contributed by atoms with van der Waals surface area (Å²) in [6.07, 6.45) is 1.76. The van der Waals surface area contributed by atoms with Crippen LogP contribution in [0.15, 0.2) is 41.0 Å². The third-order valence-corrected chi connectivity index (χ3v) is 5.36. The summed E-state index contributed by atoms with van der Waals surface area (Å²) in [6, 6.07) is 7.91. The van der Waals surface area contributed by atoms with E-state index in [0.717, 1.165) is 26.3 Å². The summed E-state index contributed by atoms with van der Waals surface area (Å²) in [7, 11) is 1.86. The van der Waals surface area contributed by atoms with E-state index in [1.165, 1.54) is 12.1 Å². The third kappa shape index (κ3) is 3.56. The van der Waals surface area contributed by atoms with Crippen molar-refractivity contribution < 1.29 is 13.9 Å². The molecule has 2 heterocycles. The van der Waals surface area contributed by atoms with Gasteiger partial charge in [0, 0.05) is 34.4 Å². The standard InChI is InChI=1S/C20H18BrF2N5O/c1-11-26-17-14(7-16(21)18-15(17)9-25-28(18)2)19(27-11)24-8-12-4-3-5-13(6-12)20(22,23)10-29/h3-7,9,29H,8,10H2,1-2H3,(H,24,26,27). The Morgan fingerprint density at radius 2 is 2.00 bits per heavy atom. The van der Waals surface area contributed by atoms with E-state index in [1.807, 2.05) is 13.1 Å². The van der Waals surface area contributed by atoms with E-state index < -0.39 is 12.5 Å². The predicted octanol–water partition coefficient (Wildman–Crippen LogP) is 4.28. The Kier molecular flexibility index (Phi) is 4.95. The van der Waals surface area contributed by atoms with Gasteiger partial charge in [-0.15, -0.1) is 0 Å². The fraction of sp³-hybridized carbons (Fsp3) is 0.250. The van der Waals surface area contributed by atoms with Crippen LogP contribution in [0.2, 0.25) is 0 Å². The zero-order chi connectivity index (χ0) is 20.8. The van der Waals surface area contributed by atoms with Gasteiger partial charge in [-0.05, 0) is 40.5 Å². The highest BCUT2D eigenvalue weighted by Crippen LogP contribution is 2.34. The molecule has 0 atom stereocenters. The van der Waals surface area contributed by atoms with Crippen molar-refractivity contribution in [1.29, 1.82) is 0 Å².